The molecule has 0 aromatic rings. The van der Waals surface area contributed by atoms with Crippen LogP contribution in [0.4, 0.5) is 0 Å². The molecular weight excluding hydrogens is 152 g/mol. The van der Waals surface area contributed by atoms with Gasteiger partial charge in [0, 0.05) is 11.6 Å². The summed E-state index contributed by atoms with van der Waals surface area (Å²) in [5, 5.41) is 8.52. The van der Waals surface area contributed by atoms with Crippen molar-refractivity contribution in [2.75, 3.05) is 0 Å². The van der Waals surface area contributed by atoms with Gasteiger partial charge >= 0.3 is 0 Å². The summed E-state index contributed by atoms with van der Waals surface area (Å²) in [5.74, 6) is -0.0786. The van der Waals surface area contributed by atoms with Crippen molar-refractivity contribution in [2.24, 2.45) is 4.99 Å². The summed E-state index contributed by atoms with van der Waals surface area (Å²) < 4.78 is 0. The van der Waals surface area contributed by atoms with Gasteiger partial charge in [-0.3, -0.25) is 4.79 Å². The maximum absolute atomic E-state index is 10.9. The van der Waals surface area contributed by atoms with Gasteiger partial charge < -0.3 is 0 Å². The number of aliphatic imine (C=N–C) groups is 1. The van der Waals surface area contributed by atoms with Crippen LogP contribution >= 0.6 is 0 Å². The lowest BCUT2D eigenvalue weighted by molar-refractivity contribution is -0.110. The third-order valence-corrected chi connectivity index (χ3v) is 1.65. The summed E-state index contributed by atoms with van der Waals surface area (Å²) in [6.45, 7) is 0. The summed E-state index contributed by atoms with van der Waals surface area (Å²) >= 11 is 0. The lowest BCUT2D eigenvalue weighted by Crippen LogP contribution is -1.94. The Labute approximate surface area is 69.0 Å². The first-order valence-corrected chi connectivity index (χ1v) is 3.44. The predicted octanol–water partition coefficient (Wildman–Crippen LogP) is 0.914. The highest BCUT2D eigenvalue weighted by Crippen LogP contribution is 2.22. The van der Waals surface area contributed by atoms with E-state index >= 15 is 0 Å². The van der Waals surface area contributed by atoms with E-state index in [4.69, 9.17) is 5.26 Å². The van der Waals surface area contributed by atoms with Gasteiger partial charge in [-0.15, -0.1) is 0 Å². The summed E-state index contributed by atoms with van der Waals surface area (Å²) in [6.07, 6.45) is 6.22. The number of carbonyl (C=O) groups is 1. The van der Waals surface area contributed by atoms with Gasteiger partial charge in [0.25, 0.3) is 0 Å². The van der Waals surface area contributed by atoms with Gasteiger partial charge in [-0.1, -0.05) is 0 Å². The minimum Gasteiger partial charge on any atom is -0.290 e. The van der Waals surface area contributed by atoms with E-state index in [0.29, 0.717) is 11.4 Å². The van der Waals surface area contributed by atoms with Gasteiger partial charge in [-0.25, -0.2) is 4.99 Å². The smallest absolute Gasteiger partial charge is 0.180 e. The molecular formula is C9H4N2O. The highest BCUT2D eigenvalue weighted by Gasteiger charge is 2.15. The van der Waals surface area contributed by atoms with Crippen LogP contribution in [0.15, 0.2) is 40.6 Å². The number of nitriles is 1. The van der Waals surface area contributed by atoms with E-state index in [0.717, 1.165) is 5.57 Å². The molecule has 0 saturated carbocycles. The Morgan fingerprint density at radius 3 is 2.92 bits per heavy atom. The first-order chi connectivity index (χ1) is 5.79. The molecule has 1 aliphatic heterocycles. The molecule has 0 aromatic carbocycles. The molecule has 0 atom stereocenters. The first kappa shape index (κ1) is 6.74. The molecule has 56 valence electrons. The van der Waals surface area contributed by atoms with Crippen LogP contribution in [0.25, 0.3) is 0 Å². The summed E-state index contributed by atoms with van der Waals surface area (Å²) in [4.78, 5) is 14.8. The fraction of sp³-hybridized carbons (Fsp3) is 0. The Hall–Kier alpha value is -1.95. The van der Waals surface area contributed by atoms with Crippen LogP contribution in [-0.4, -0.2) is 11.5 Å². The molecule has 0 bridgehead atoms. The van der Waals surface area contributed by atoms with Crippen molar-refractivity contribution in [1.82, 2.24) is 0 Å². The number of nitrogens with zero attached hydrogens (tertiary/aromatic N) is 2. The summed E-state index contributed by atoms with van der Waals surface area (Å²) in [5.41, 5.74) is 1.79. The molecule has 0 amide bonds. The standard InChI is InChI=1S/C9H4N2O/c10-5-7-3-6-1-2-8(12)4-9(6)11-7/h1-4H. The minimum absolute atomic E-state index is 0.0786. The fourth-order valence-electron chi connectivity index (χ4n) is 1.11. The molecule has 0 N–H and O–H groups in total. The number of hydrogen-bond donors (Lipinski definition) is 0. The average molecular weight is 156 g/mol. The van der Waals surface area contributed by atoms with E-state index < -0.39 is 0 Å². The molecule has 0 radical (unpaired) electrons. The van der Waals surface area contributed by atoms with Gasteiger partial charge in [0.2, 0.25) is 0 Å². The topological polar surface area (TPSA) is 53.2 Å². The van der Waals surface area contributed by atoms with Crippen molar-refractivity contribution >= 4 is 11.5 Å². The van der Waals surface area contributed by atoms with Gasteiger partial charge in [0.1, 0.15) is 11.8 Å². The largest absolute Gasteiger partial charge is 0.290 e. The Morgan fingerprint density at radius 2 is 2.17 bits per heavy atom. The SMILES string of the molecule is N#CC1=NC2=CC(=O)C=CC2=C1. The molecule has 0 unspecified atom stereocenters. The Balaban J connectivity index is 2.49. The molecule has 12 heavy (non-hydrogen) atoms. The normalized spacial score (nSPS) is 19.2. The number of carbonyl (C=O) groups excluding carboxylic acids is 1. The second-order valence-corrected chi connectivity index (χ2v) is 2.47. The van der Waals surface area contributed by atoms with E-state index in [2.05, 4.69) is 4.99 Å². The van der Waals surface area contributed by atoms with E-state index in [-0.39, 0.29) is 5.78 Å². The number of rotatable bonds is 0. The van der Waals surface area contributed by atoms with Crippen LogP contribution in [-0.2, 0) is 4.79 Å². The second-order valence-electron chi connectivity index (χ2n) is 2.47. The summed E-state index contributed by atoms with van der Waals surface area (Å²) in [6, 6.07) is 1.92. The van der Waals surface area contributed by atoms with E-state index in [1.807, 2.05) is 6.07 Å². The molecule has 0 saturated heterocycles. The number of ketones is 1. The zero-order valence-corrected chi connectivity index (χ0v) is 6.11. The van der Waals surface area contributed by atoms with Crippen molar-refractivity contribution in [1.29, 1.82) is 5.26 Å². The number of allylic oxidation sites excluding steroid dienone is 4. The number of fused-ring (bicyclic) bond motifs is 1. The van der Waals surface area contributed by atoms with Crippen LogP contribution in [0.2, 0.25) is 0 Å². The van der Waals surface area contributed by atoms with Crippen LogP contribution in [0.5, 0.6) is 0 Å². The lowest BCUT2D eigenvalue weighted by Gasteiger charge is -1.99. The van der Waals surface area contributed by atoms with E-state index in [1.165, 1.54) is 12.2 Å². The fourth-order valence-corrected chi connectivity index (χ4v) is 1.11. The van der Waals surface area contributed by atoms with Gasteiger partial charge in [-0.2, -0.15) is 5.26 Å². The van der Waals surface area contributed by atoms with Crippen molar-refractivity contribution in [3.8, 4) is 6.07 Å². The van der Waals surface area contributed by atoms with Crippen molar-refractivity contribution < 1.29 is 4.79 Å². The quantitative estimate of drug-likeness (QED) is 0.523. The second kappa shape index (κ2) is 2.28. The molecule has 0 fully saturated rings. The molecule has 1 heterocycles. The van der Waals surface area contributed by atoms with Crippen LogP contribution < -0.4 is 0 Å². The lowest BCUT2D eigenvalue weighted by atomic mass is 10.1. The summed E-state index contributed by atoms with van der Waals surface area (Å²) in [7, 11) is 0. The molecule has 2 rings (SSSR count). The van der Waals surface area contributed by atoms with E-state index in [1.54, 1.807) is 12.2 Å². The Bertz CT molecular complexity index is 416. The van der Waals surface area contributed by atoms with Crippen LogP contribution in [0.1, 0.15) is 0 Å². The third-order valence-electron chi connectivity index (χ3n) is 1.65. The van der Waals surface area contributed by atoms with Crippen LogP contribution in [0.3, 0.4) is 0 Å². The number of hydrogen-bond acceptors (Lipinski definition) is 3. The predicted molar refractivity (Wildman–Crippen MR) is 43.4 cm³/mol. The van der Waals surface area contributed by atoms with Gasteiger partial charge in [0.15, 0.2) is 5.78 Å². The molecule has 0 aromatic heterocycles. The highest BCUT2D eigenvalue weighted by molar-refractivity contribution is 6.13. The molecule has 1 aliphatic carbocycles. The van der Waals surface area contributed by atoms with Crippen LogP contribution in [0, 0.1) is 11.3 Å². The van der Waals surface area contributed by atoms with Crippen molar-refractivity contribution in [2.45, 2.75) is 0 Å². The Morgan fingerprint density at radius 1 is 1.33 bits per heavy atom. The molecule has 2 aliphatic rings. The molecule has 0 spiro atoms. The zero-order valence-electron chi connectivity index (χ0n) is 6.11. The molecule has 3 nitrogen and oxygen atoms in total. The maximum atomic E-state index is 10.9. The van der Waals surface area contributed by atoms with E-state index in [9.17, 15) is 4.79 Å². The maximum Gasteiger partial charge on any atom is 0.180 e. The van der Waals surface area contributed by atoms with Crippen molar-refractivity contribution in [3.63, 3.8) is 0 Å². The van der Waals surface area contributed by atoms with Gasteiger partial charge in [0.05, 0.1) is 5.70 Å². The minimum atomic E-state index is -0.0786. The molecule has 3 heteroatoms. The van der Waals surface area contributed by atoms with Crippen molar-refractivity contribution in [3.05, 3.63) is 35.6 Å². The average Bonchev–Trinajstić information content (AvgIpc) is 2.46. The monoisotopic (exact) mass is 156 g/mol. The highest BCUT2D eigenvalue weighted by atomic mass is 16.1. The Kier molecular flexibility index (Phi) is 1.28. The third kappa shape index (κ3) is 0.903. The van der Waals surface area contributed by atoms with Gasteiger partial charge in [-0.05, 0) is 18.2 Å². The zero-order chi connectivity index (χ0) is 8.55. The first-order valence-electron chi connectivity index (χ1n) is 3.44.